The average Bonchev–Trinajstić information content (AvgIpc) is 2.91. The fraction of sp³-hybridized carbons (Fsp3) is 0.188. The van der Waals surface area contributed by atoms with E-state index in [4.69, 9.17) is 5.73 Å². The summed E-state index contributed by atoms with van der Waals surface area (Å²) in [6.45, 7) is 0.482. The highest BCUT2D eigenvalue weighted by atomic mass is 32.2. The molecule has 0 amide bonds. The summed E-state index contributed by atoms with van der Waals surface area (Å²) in [5.74, 6) is 0. The van der Waals surface area contributed by atoms with Gasteiger partial charge in [-0.05, 0) is 42.7 Å². The summed E-state index contributed by atoms with van der Waals surface area (Å²) in [5.41, 5.74) is 8.28. The third kappa shape index (κ3) is 2.36. The second-order valence-electron chi connectivity index (χ2n) is 5.49. The second-order valence-corrected chi connectivity index (χ2v) is 8.42. The van der Waals surface area contributed by atoms with Gasteiger partial charge in [-0.3, -0.25) is 4.31 Å². The van der Waals surface area contributed by atoms with Crippen LogP contribution in [-0.2, 0) is 16.4 Å². The Morgan fingerprint density at radius 3 is 2.74 bits per heavy atom. The maximum absolute atomic E-state index is 13.0. The zero-order chi connectivity index (χ0) is 16.0. The van der Waals surface area contributed by atoms with Crippen LogP contribution in [0.4, 0.5) is 10.8 Å². The Balaban J connectivity index is 1.88. The predicted molar refractivity (Wildman–Crippen MR) is 93.3 cm³/mol. The van der Waals surface area contributed by atoms with Crippen molar-refractivity contribution in [3.8, 4) is 0 Å². The zero-order valence-electron chi connectivity index (χ0n) is 12.3. The minimum Gasteiger partial charge on any atom is -0.375 e. The molecular weight excluding hydrogens is 330 g/mol. The number of aryl methyl sites for hydroxylation is 1. The Morgan fingerprint density at radius 1 is 1.17 bits per heavy atom. The van der Waals surface area contributed by atoms with Gasteiger partial charge in [0.15, 0.2) is 5.13 Å². The van der Waals surface area contributed by atoms with Gasteiger partial charge in [-0.25, -0.2) is 13.4 Å². The molecule has 2 N–H and O–H groups in total. The molecular formula is C16H15N3O2S2. The van der Waals surface area contributed by atoms with Gasteiger partial charge >= 0.3 is 0 Å². The first-order valence-electron chi connectivity index (χ1n) is 7.32. The van der Waals surface area contributed by atoms with Gasteiger partial charge in [-0.1, -0.05) is 29.5 Å². The molecule has 0 fully saturated rings. The molecule has 0 bridgehead atoms. The van der Waals surface area contributed by atoms with Gasteiger partial charge in [-0.15, -0.1) is 0 Å². The Hall–Kier alpha value is -2.12. The van der Waals surface area contributed by atoms with Crippen molar-refractivity contribution in [2.24, 2.45) is 0 Å². The summed E-state index contributed by atoms with van der Waals surface area (Å²) in [4.78, 5) is 4.60. The van der Waals surface area contributed by atoms with Crippen molar-refractivity contribution in [1.82, 2.24) is 4.98 Å². The maximum atomic E-state index is 13.0. The van der Waals surface area contributed by atoms with Crippen LogP contribution in [-0.4, -0.2) is 19.9 Å². The molecule has 7 heteroatoms. The van der Waals surface area contributed by atoms with Crippen LogP contribution in [0.1, 0.15) is 12.0 Å². The van der Waals surface area contributed by atoms with Crippen molar-refractivity contribution in [2.45, 2.75) is 17.7 Å². The molecule has 23 heavy (non-hydrogen) atoms. The highest BCUT2D eigenvalue weighted by Crippen LogP contribution is 2.37. The lowest BCUT2D eigenvalue weighted by Crippen LogP contribution is -2.35. The SMILES string of the molecule is Nc1nc2cc3c(cc2s1)CCCN3S(=O)(=O)c1ccccc1. The Morgan fingerprint density at radius 2 is 1.96 bits per heavy atom. The number of nitrogen functional groups attached to an aromatic ring is 1. The van der Waals surface area contributed by atoms with Gasteiger partial charge in [0.05, 0.1) is 20.8 Å². The summed E-state index contributed by atoms with van der Waals surface area (Å²) in [6, 6.07) is 12.4. The normalized spacial score (nSPS) is 14.9. The molecule has 1 aromatic heterocycles. The summed E-state index contributed by atoms with van der Waals surface area (Å²) in [5, 5.41) is 0.500. The molecule has 0 unspecified atom stereocenters. The quantitative estimate of drug-likeness (QED) is 0.774. The summed E-state index contributed by atoms with van der Waals surface area (Å²) in [7, 11) is -3.56. The molecule has 0 radical (unpaired) electrons. The topological polar surface area (TPSA) is 76.3 Å². The minimum absolute atomic E-state index is 0.311. The van der Waals surface area contributed by atoms with Crippen LogP contribution in [0.3, 0.4) is 0 Å². The number of aromatic nitrogens is 1. The van der Waals surface area contributed by atoms with Gasteiger partial charge in [0.1, 0.15) is 0 Å². The van der Waals surface area contributed by atoms with Crippen LogP contribution in [0.2, 0.25) is 0 Å². The molecule has 5 nitrogen and oxygen atoms in total. The van der Waals surface area contributed by atoms with E-state index < -0.39 is 10.0 Å². The van der Waals surface area contributed by atoms with Crippen LogP contribution in [0.25, 0.3) is 10.2 Å². The average molecular weight is 345 g/mol. The molecule has 0 aliphatic carbocycles. The van der Waals surface area contributed by atoms with Crippen LogP contribution >= 0.6 is 11.3 Å². The Bertz CT molecular complexity index is 981. The van der Waals surface area contributed by atoms with Gasteiger partial charge in [0.25, 0.3) is 10.0 Å². The third-order valence-corrected chi connectivity index (χ3v) is 6.69. The molecule has 2 aromatic carbocycles. The van der Waals surface area contributed by atoms with Crippen LogP contribution in [0, 0.1) is 0 Å². The monoisotopic (exact) mass is 345 g/mol. The second kappa shape index (κ2) is 5.21. The number of nitrogens with two attached hydrogens (primary N) is 1. The number of sulfonamides is 1. The number of hydrogen-bond acceptors (Lipinski definition) is 5. The highest BCUT2D eigenvalue weighted by molar-refractivity contribution is 7.92. The van der Waals surface area contributed by atoms with E-state index in [1.807, 2.05) is 18.2 Å². The van der Waals surface area contributed by atoms with Crippen molar-refractivity contribution >= 4 is 42.4 Å². The summed E-state index contributed by atoms with van der Waals surface area (Å²) < 4.78 is 28.4. The first-order valence-corrected chi connectivity index (χ1v) is 9.58. The number of anilines is 2. The molecule has 4 rings (SSSR count). The van der Waals surface area contributed by atoms with E-state index in [9.17, 15) is 8.42 Å². The lowest BCUT2D eigenvalue weighted by Gasteiger charge is -2.30. The first kappa shape index (κ1) is 14.5. The van der Waals surface area contributed by atoms with E-state index in [0.29, 0.717) is 16.6 Å². The maximum Gasteiger partial charge on any atom is 0.264 e. The number of rotatable bonds is 2. The fourth-order valence-electron chi connectivity index (χ4n) is 2.96. The lowest BCUT2D eigenvalue weighted by molar-refractivity contribution is 0.586. The number of benzene rings is 2. The van der Waals surface area contributed by atoms with Crippen LogP contribution in [0.15, 0.2) is 47.4 Å². The lowest BCUT2D eigenvalue weighted by atomic mass is 10.0. The van der Waals surface area contributed by atoms with Crippen LogP contribution in [0.5, 0.6) is 0 Å². The summed E-state index contributed by atoms with van der Waals surface area (Å²) >= 11 is 1.43. The molecule has 0 atom stereocenters. The van der Waals surface area contributed by atoms with Crippen LogP contribution < -0.4 is 10.0 Å². The number of fused-ring (bicyclic) bond motifs is 2. The minimum atomic E-state index is -3.56. The number of nitrogens with zero attached hydrogens (tertiary/aromatic N) is 2. The van der Waals surface area contributed by atoms with Crippen molar-refractivity contribution in [1.29, 1.82) is 0 Å². The van der Waals surface area contributed by atoms with Gasteiger partial charge in [-0.2, -0.15) is 0 Å². The Kier molecular flexibility index (Phi) is 3.28. The van der Waals surface area contributed by atoms with Crippen molar-refractivity contribution < 1.29 is 8.42 Å². The molecule has 0 saturated heterocycles. The van der Waals surface area contributed by atoms with E-state index in [0.717, 1.165) is 34.3 Å². The van der Waals surface area contributed by atoms with E-state index in [1.54, 1.807) is 24.3 Å². The van der Waals surface area contributed by atoms with Crippen molar-refractivity contribution in [3.63, 3.8) is 0 Å². The van der Waals surface area contributed by atoms with E-state index in [-0.39, 0.29) is 0 Å². The van der Waals surface area contributed by atoms with Gasteiger partial charge < -0.3 is 5.73 Å². The standard InChI is InChI=1S/C16H15N3O2S2/c17-16-18-13-10-14-11(9-15(13)22-16)5-4-8-19(14)23(20,21)12-6-2-1-3-7-12/h1-3,6-7,9-10H,4-5,8H2,(H2,17,18). The van der Waals surface area contributed by atoms with E-state index in [1.165, 1.54) is 15.6 Å². The largest absolute Gasteiger partial charge is 0.375 e. The molecule has 0 saturated carbocycles. The molecule has 1 aliphatic rings. The predicted octanol–water partition coefficient (Wildman–Crippen LogP) is 3.02. The molecule has 3 aromatic rings. The molecule has 1 aliphatic heterocycles. The van der Waals surface area contributed by atoms with Crippen molar-refractivity contribution in [3.05, 3.63) is 48.0 Å². The summed E-state index contributed by atoms with van der Waals surface area (Å²) in [6.07, 6.45) is 1.67. The Labute approximate surface area is 138 Å². The fourth-order valence-corrected chi connectivity index (χ4v) is 5.29. The number of hydrogen-bond donors (Lipinski definition) is 1. The zero-order valence-corrected chi connectivity index (χ0v) is 13.9. The third-order valence-electron chi connectivity index (χ3n) is 4.01. The van der Waals surface area contributed by atoms with E-state index in [2.05, 4.69) is 4.98 Å². The van der Waals surface area contributed by atoms with Gasteiger partial charge in [0, 0.05) is 6.54 Å². The molecule has 0 spiro atoms. The highest BCUT2D eigenvalue weighted by Gasteiger charge is 2.29. The molecule has 118 valence electrons. The first-order chi connectivity index (χ1) is 11.1. The van der Waals surface area contributed by atoms with Crippen molar-refractivity contribution in [2.75, 3.05) is 16.6 Å². The van der Waals surface area contributed by atoms with Gasteiger partial charge in [0.2, 0.25) is 0 Å². The molecule has 2 heterocycles. The number of thiazole rings is 1. The van der Waals surface area contributed by atoms with E-state index >= 15 is 0 Å². The smallest absolute Gasteiger partial charge is 0.264 e.